The van der Waals surface area contributed by atoms with E-state index in [1.165, 1.54) is 10.9 Å². The summed E-state index contributed by atoms with van der Waals surface area (Å²) in [7, 11) is 0. The van der Waals surface area contributed by atoms with Crippen LogP contribution in [0.5, 0.6) is 0 Å². The molecule has 20 heavy (non-hydrogen) atoms. The fraction of sp³-hybridized carbons (Fsp3) is 0.250. The zero-order valence-electron chi connectivity index (χ0n) is 11.7. The lowest BCUT2D eigenvalue weighted by Crippen LogP contribution is -2.14. The average molecular weight is 267 g/mol. The highest BCUT2D eigenvalue weighted by atomic mass is 16.3. The average Bonchev–Trinajstić information content (AvgIpc) is 2.77. The lowest BCUT2D eigenvalue weighted by Gasteiger charge is -2.04. The Labute approximate surface area is 117 Å². The molecule has 4 nitrogen and oxygen atoms in total. The number of nitrogens with one attached hydrogen (secondary N) is 1. The summed E-state index contributed by atoms with van der Waals surface area (Å²) in [5.74, 6) is 0.966. The lowest BCUT2D eigenvalue weighted by atomic mass is 10.1. The Bertz CT molecular complexity index is 716. The summed E-state index contributed by atoms with van der Waals surface area (Å²) >= 11 is 0. The van der Waals surface area contributed by atoms with E-state index in [-0.39, 0.29) is 0 Å². The molecule has 0 bridgehead atoms. The van der Waals surface area contributed by atoms with E-state index < -0.39 is 0 Å². The minimum atomic E-state index is 0.701. The van der Waals surface area contributed by atoms with E-state index in [0.717, 1.165) is 29.3 Å². The smallest absolute Gasteiger partial charge is 0.134 e. The maximum Gasteiger partial charge on any atom is 0.134 e. The van der Waals surface area contributed by atoms with Gasteiger partial charge in [0.2, 0.25) is 0 Å². The van der Waals surface area contributed by atoms with Gasteiger partial charge in [0.15, 0.2) is 0 Å². The zero-order chi connectivity index (χ0) is 13.9. The molecule has 0 aliphatic heterocycles. The molecule has 0 aliphatic carbocycles. The van der Waals surface area contributed by atoms with E-state index in [0.29, 0.717) is 6.54 Å². The normalized spacial score (nSPS) is 11.1. The molecule has 1 N–H and O–H groups in total. The molecule has 2 heterocycles. The Morgan fingerprint density at radius 2 is 1.90 bits per heavy atom. The molecule has 0 aliphatic rings. The summed E-state index contributed by atoms with van der Waals surface area (Å²) in [6.45, 7) is 5.40. The zero-order valence-corrected chi connectivity index (χ0v) is 11.7. The number of aromatic nitrogens is 2. The van der Waals surface area contributed by atoms with Crippen molar-refractivity contribution in [1.82, 2.24) is 15.3 Å². The predicted octanol–water partition coefficient (Wildman–Crippen LogP) is 3.13. The number of benzene rings is 1. The highest BCUT2D eigenvalue weighted by molar-refractivity contribution is 5.82. The van der Waals surface area contributed by atoms with E-state index in [4.69, 9.17) is 4.42 Å². The van der Waals surface area contributed by atoms with Crippen molar-refractivity contribution in [3.63, 3.8) is 0 Å². The van der Waals surface area contributed by atoms with Gasteiger partial charge in [-0.3, -0.25) is 9.97 Å². The molecule has 0 spiro atoms. The van der Waals surface area contributed by atoms with Gasteiger partial charge in [-0.2, -0.15) is 0 Å². The molecule has 0 fully saturated rings. The molecule has 2 aromatic heterocycles. The standard InChI is InChI=1S/C16H17N3O/c1-11-7-19-13(9-18-11)8-17-10-15-12(2)20-16-6-4-3-5-14(15)16/h3-7,9,17H,8,10H2,1-2H3. The summed E-state index contributed by atoms with van der Waals surface area (Å²) in [6, 6.07) is 8.11. The van der Waals surface area contributed by atoms with Crippen LogP contribution in [0.3, 0.4) is 0 Å². The quantitative estimate of drug-likeness (QED) is 0.789. The highest BCUT2D eigenvalue weighted by Crippen LogP contribution is 2.24. The van der Waals surface area contributed by atoms with E-state index in [2.05, 4.69) is 21.4 Å². The number of para-hydroxylation sites is 1. The van der Waals surface area contributed by atoms with Gasteiger partial charge in [0, 0.05) is 36.4 Å². The third-order valence-corrected chi connectivity index (χ3v) is 3.34. The molecule has 3 rings (SSSR count). The maximum absolute atomic E-state index is 5.75. The maximum atomic E-state index is 5.75. The second-order valence-corrected chi connectivity index (χ2v) is 4.89. The van der Waals surface area contributed by atoms with Crippen molar-refractivity contribution in [3.8, 4) is 0 Å². The third kappa shape index (κ3) is 2.56. The van der Waals surface area contributed by atoms with Gasteiger partial charge < -0.3 is 9.73 Å². The van der Waals surface area contributed by atoms with Gasteiger partial charge in [-0.15, -0.1) is 0 Å². The Hall–Kier alpha value is -2.20. The predicted molar refractivity (Wildman–Crippen MR) is 78.3 cm³/mol. The minimum Gasteiger partial charge on any atom is -0.461 e. The molecule has 1 aromatic carbocycles. The number of aryl methyl sites for hydroxylation is 2. The number of fused-ring (bicyclic) bond motifs is 1. The van der Waals surface area contributed by atoms with E-state index >= 15 is 0 Å². The molecule has 0 saturated carbocycles. The van der Waals surface area contributed by atoms with Gasteiger partial charge >= 0.3 is 0 Å². The number of rotatable bonds is 4. The van der Waals surface area contributed by atoms with Crippen molar-refractivity contribution in [2.45, 2.75) is 26.9 Å². The molecule has 102 valence electrons. The van der Waals surface area contributed by atoms with E-state index in [1.807, 2.05) is 38.2 Å². The van der Waals surface area contributed by atoms with Crippen LogP contribution in [0.2, 0.25) is 0 Å². The first-order valence-electron chi connectivity index (χ1n) is 6.69. The fourth-order valence-corrected chi connectivity index (χ4v) is 2.27. The topological polar surface area (TPSA) is 51.0 Å². The molecule has 0 unspecified atom stereocenters. The van der Waals surface area contributed by atoms with Gasteiger partial charge in [-0.1, -0.05) is 18.2 Å². The minimum absolute atomic E-state index is 0.701. The van der Waals surface area contributed by atoms with Crippen molar-refractivity contribution in [2.24, 2.45) is 0 Å². The largest absolute Gasteiger partial charge is 0.461 e. The first-order chi connectivity index (χ1) is 9.74. The van der Waals surface area contributed by atoms with Crippen LogP contribution in [0.4, 0.5) is 0 Å². The molecule has 0 amide bonds. The molecule has 4 heteroatoms. The number of furan rings is 1. The molecular weight excluding hydrogens is 250 g/mol. The van der Waals surface area contributed by atoms with Gasteiger partial charge in [0.05, 0.1) is 11.4 Å². The van der Waals surface area contributed by atoms with Gasteiger partial charge in [-0.05, 0) is 19.9 Å². The number of nitrogens with zero attached hydrogens (tertiary/aromatic N) is 2. The van der Waals surface area contributed by atoms with Crippen molar-refractivity contribution in [3.05, 3.63) is 59.4 Å². The van der Waals surface area contributed by atoms with Crippen LogP contribution in [0.1, 0.15) is 22.7 Å². The lowest BCUT2D eigenvalue weighted by molar-refractivity contribution is 0.564. The summed E-state index contributed by atoms with van der Waals surface area (Å²) in [6.07, 6.45) is 3.60. The molecule has 0 radical (unpaired) electrons. The van der Waals surface area contributed by atoms with Crippen molar-refractivity contribution >= 4 is 11.0 Å². The second-order valence-electron chi connectivity index (χ2n) is 4.89. The Morgan fingerprint density at radius 3 is 2.70 bits per heavy atom. The van der Waals surface area contributed by atoms with Crippen molar-refractivity contribution in [1.29, 1.82) is 0 Å². The van der Waals surface area contributed by atoms with Gasteiger partial charge in [0.25, 0.3) is 0 Å². The highest BCUT2D eigenvalue weighted by Gasteiger charge is 2.09. The van der Waals surface area contributed by atoms with E-state index in [1.54, 1.807) is 6.20 Å². The first-order valence-corrected chi connectivity index (χ1v) is 6.69. The Kier molecular flexibility index (Phi) is 3.48. The van der Waals surface area contributed by atoms with Crippen LogP contribution in [0.25, 0.3) is 11.0 Å². The van der Waals surface area contributed by atoms with Crippen LogP contribution >= 0.6 is 0 Å². The van der Waals surface area contributed by atoms with Crippen molar-refractivity contribution in [2.75, 3.05) is 0 Å². The Balaban J connectivity index is 1.71. The van der Waals surface area contributed by atoms with Crippen LogP contribution in [0.15, 0.2) is 41.1 Å². The molecule has 0 saturated heterocycles. The number of hydrogen-bond donors (Lipinski definition) is 1. The van der Waals surface area contributed by atoms with Gasteiger partial charge in [-0.25, -0.2) is 0 Å². The first kappa shape index (κ1) is 12.8. The third-order valence-electron chi connectivity index (χ3n) is 3.34. The van der Waals surface area contributed by atoms with Crippen LogP contribution in [-0.4, -0.2) is 9.97 Å². The summed E-state index contributed by atoms with van der Waals surface area (Å²) in [5, 5.41) is 4.57. The summed E-state index contributed by atoms with van der Waals surface area (Å²) in [4.78, 5) is 8.57. The molecule has 3 aromatic rings. The van der Waals surface area contributed by atoms with Gasteiger partial charge in [0.1, 0.15) is 11.3 Å². The van der Waals surface area contributed by atoms with Crippen LogP contribution in [0, 0.1) is 13.8 Å². The van der Waals surface area contributed by atoms with Crippen molar-refractivity contribution < 1.29 is 4.42 Å². The molecule has 0 atom stereocenters. The molecular formula is C16H17N3O. The van der Waals surface area contributed by atoms with Crippen LogP contribution in [-0.2, 0) is 13.1 Å². The van der Waals surface area contributed by atoms with Crippen LogP contribution < -0.4 is 5.32 Å². The Morgan fingerprint density at radius 1 is 1.05 bits per heavy atom. The number of hydrogen-bond acceptors (Lipinski definition) is 4. The SMILES string of the molecule is Cc1cnc(CNCc2c(C)oc3ccccc23)cn1. The fourth-order valence-electron chi connectivity index (χ4n) is 2.27. The van der Waals surface area contributed by atoms with E-state index in [9.17, 15) is 0 Å². The summed E-state index contributed by atoms with van der Waals surface area (Å²) < 4.78 is 5.75. The summed E-state index contributed by atoms with van der Waals surface area (Å²) in [5.41, 5.74) is 4.03. The monoisotopic (exact) mass is 267 g/mol. The second kappa shape index (κ2) is 5.43.